The summed E-state index contributed by atoms with van der Waals surface area (Å²) in [6, 6.07) is 16.0. The molecule has 6 nitrogen and oxygen atoms in total. The van der Waals surface area contributed by atoms with Crippen molar-refractivity contribution in [3.05, 3.63) is 59.7 Å². The highest BCUT2D eigenvalue weighted by molar-refractivity contribution is 8.15. The smallest absolute Gasteiger partial charge is 0.405 e. The molecule has 1 aliphatic rings. The van der Waals surface area contributed by atoms with Crippen LogP contribution < -0.4 is 11.1 Å². The van der Waals surface area contributed by atoms with E-state index < -0.39 is 11.7 Å². The highest BCUT2D eigenvalue weighted by atomic mass is 32.2. The van der Waals surface area contributed by atoms with Crippen molar-refractivity contribution in [2.45, 2.75) is 44.0 Å². The zero-order chi connectivity index (χ0) is 21.2. The Labute approximate surface area is 174 Å². The number of imide groups is 1. The monoisotopic (exact) mass is 412 g/mol. The van der Waals surface area contributed by atoms with E-state index in [0.29, 0.717) is 6.42 Å². The van der Waals surface area contributed by atoms with E-state index in [1.807, 2.05) is 63.2 Å². The highest BCUT2D eigenvalue weighted by Crippen LogP contribution is 2.33. The number of carbonyl (C=O) groups excluding carboxylic acids is 3. The molecule has 3 N–H and O–H groups in total. The summed E-state index contributed by atoms with van der Waals surface area (Å²) in [6.07, 6.45) is -0.275. The largest absolute Gasteiger partial charge is 0.443 e. The fraction of sp³-hybridized carbons (Fsp3) is 0.318. The van der Waals surface area contributed by atoms with Crippen molar-refractivity contribution in [1.29, 1.82) is 0 Å². The number of amides is 3. The van der Waals surface area contributed by atoms with Gasteiger partial charge in [-0.3, -0.25) is 14.9 Å². The van der Waals surface area contributed by atoms with Crippen LogP contribution in [0.5, 0.6) is 0 Å². The molecule has 1 saturated heterocycles. The fourth-order valence-electron chi connectivity index (χ4n) is 3.31. The van der Waals surface area contributed by atoms with Gasteiger partial charge in [0.2, 0.25) is 5.91 Å². The molecule has 29 heavy (non-hydrogen) atoms. The lowest BCUT2D eigenvalue weighted by Gasteiger charge is -2.31. The standard InChI is InChI=1S/C22H24N2O4S/c1-13(22(2,3)28-20(23)26)16-5-4-6-17(12-16)15-9-7-14(8-10-15)11-18-19(25)24-21(27)29-18/h4-10,12-13,18H,11H2,1-3H3,(H2,23,26)(H,24,25,27). The number of thioether (sulfide) groups is 1. The molecule has 0 radical (unpaired) electrons. The van der Waals surface area contributed by atoms with Gasteiger partial charge in [-0.05, 0) is 42.5 Å². The number of nitrogens with one attached hydrogen (secondary N) is 1. The van der Waals surface area contributed by atoms with E-state index in [1.54, 1.807) is 0 Å². The molecule has 152 valence electrons. The summed E-state index contributed by atoms with van der Waals surface area (Å²) in [5.41, 5.74) is 8.58. The predicted octanol–water partition coefficient (Wildman–Crippen LogP) is 4.23. The number of primary amides is 1. The van der Waals surface area contributed by atoms with Crippen LogP contribution >= 0.6 is 11.8 Å². The Bertz CT molecular complexity index is 940. The molecule has 7 heteroatoms. The molecule has 0 bridgehead atoms. The third-order valence-corrected chi connectivity index (χ3v) is 6.25. The van der Waals surface area contributed by atoms with Crippen LogP contribution in [0.25, 0.3) is 11.1 Å². The van der Waals surface area contributed by atoms with Crippen LogP contribution in [0.1, 0.15) is 37.8 Å². The minimum absolute atomic E-state index is 0.0512. The number of benzene rings is 2. The summed E-state index contributed by atoms with van der Waals surface area (Å²) in [4.78, 5) is 34.2. The molecule has 1 aliphatic heterocycles. The van der Waals surface area contributed by atoms with E-state index in [4.69, 9.17) is 10.5 Å². The molecule has 0 saturated carbocycles. The maximum atomic E-state index is 11.7. The molecular formula is C22H24N2O4S. The van der Waals surface area contributed by atoms with E-state index in [0.717, 1.165) is 34.0 Å². The summed E-state index contributed by atoms with van der Waals surface area (Å²) in [5.74, 6) is -0.281. The minimum Gasteiger partial charge on any atom is -0.443 e. The van der Waals surface area contributed by atoms with Gasteiger partial charge in [-0.25, -0.2) is 4.79 Å². The Kier molecular flexibility index (Phi) is 5.98. The lowest BCUT2D eigenvalue weighted by atomic mass is 9.85. The number of hydrogen-bond acceptors (Lipinski definition) is 5. The van der Waals surface area contributed by atoms with Gasteiger partial charge in [0.15, 0.2) is 0 Å². The summed E-state index contributed by atoms with van der Waals surface area (Å²) in [6.45, 7) is 5.67. The molecule has 3 amide bonds. The Morgan fingerprint density at radius 1 is 1.17 bits per heavy atom. The van der Waals surface area contributed by atoms with Gasteiger partial charge >= 0.3 is 6.09 Å². The van der Waals surface area contributed by atoms with Crippen LogP contribution in [0.15, 0.2) is 48.5 Å². The molecule has 0 aromatic heterocycles. The van der Waals surface area contributed by atoms with Gasteiger partial charge in [-0.1, -0.05) is 67.2 Å². The quantitative estimate of drug-likeness (QED) is 0.740. The van der Waals surface area contributed by atoms with Gasteiger partial charge in [-0.15, -0.1) is 0 Å². The average Bonchev–Trinajstić information content (AvgIpc) is 2.97. The first-order valence-electron chi connectivity index (χ1n) is 9.35. The second-order valence-electron chi connectivity index (χ2n) is 7.66. The first kappa shape index (κ1) is 20.9. The molecule has 0 spiro atoms. The summed E-state index contributed by atoms with van der Waals surface area (Å²) < 4.78 is 5.27. The highest BCUT2D eigenvalue weighted by Gasteiger charge is 2.32. The van der Waals surface area contributed by atoms with Crippen molar-refractivity contribution in [2.75, 3.05) is 0 Å². The van der Waals surface area contributed by atoms with Crippen LogP contribution in [0.4, 0.5) is 9.59 Å². The number of hydrogen-bond donors (Lipinski definition) is 2. The van der Waals surface area contributed by atoms with Gasteiger partial charge in [0.05, 0.1) is 5.25 Å². The lowest BCUT2D eigenvalue weighted by molar-refractivity contribution is -0.118. The number of nitrogens with two attached hydrogens (primary N) is 1. The van der Waals surface area contributed by atoms with Crippen molar-refractivity contribution in [2.24, 2.45) is 5.73 Å². The summed E-state index contributed by atoms with van der Waals surface area (Å²) in [5, 5.41) is 1.65. The minimum atomic E-state index is -0.788. The van der Waals surface area contributed by atoms with Crippen molar-refractivity contribution in [1.82, 2.24) is 5.32 Å². The van der Waals surface area contributed by atoms with Gasteiger partial charge in [0.25, 0.3) is 5.24 Å². The third kappa shape index (κ3) is 4.98. The van der Waals surface area contributed by atoms with E-state index >= 15 is 0 Å². The molecule has 3 rings (SSSR count). The lowest BCUT2D eigenvalue weighted by Crippen LogP contribution is -2.36. The predicted molar refractivity (Wildman–Crippen MR) is 114 cm³/mol. The second-order valence-corrected chi connectivity index (χ2v) is 8.83. The van der Waals surface area contributed by atoms with Crippen molar-refractivity contribution < 1.29 is 19.1 Å². The SMILES string of the molecule is CC(c1cccc(-c2ccc(CC3SC(=O)NC3=O)cc2)c1)C(C)(C)OC(N)=O. The first-order valence-corrected chi connectivity index (χ1v) is 10.2. The molecule has 2 atom stereocenters. The van der Waals surface area contributed by atoms with E-state index in [2.05, 4.69) is 11.4 Å². The number of rotatable bonds is 6. The number of ether oxygens (including phenoxy) is 1. The Hall–Kier alpha value is -2.80. The van der Waals surface area contributed by atoms with Crippen LogP contribution in [-0.4, -0.2) is 28.1 Å². The molecule has 2 aromatic rings. The van der Waals surface area contributed by atoms with Crippen molar-refractivity contribution in [3.63, 3.8) is 0 Å². The van der Waals surface area contributed by atoms with Crippen LogP contribution in [-0.2, 0) is 16.0 Å². The van der Waals surface area contributed by atoms with Crippen LogP contribution in [0.2, 0.25) is 0 Å². The maximum Gasteiger partial charge on any atom is 0.405 e. The zero-order valence-electron chi connectivity index (χ0n) is 16.6. The molecule has 1 heterocycles. The van der Waals surface area contributed by atoms with E-state index in [9.17, 15) is 14.4 Å². The normalized spacial score (nSPS) is 17.7. The maximum absolute atomic E-state index is 11.7. The fourth-order valence-corrected chi connectivity index (χ4v) is 4.17. The van der Waals surface area contributed by atoms with E-state index in [-0.39, 0.29) is 22.3 Å². The van der Waals surface area contributed by atoms with E-state index in [1.165, 1.54) is 0 Å². The zero-order valence-corrected chi connectivity index (χ0v) is 17.4. The molecule has 0 aliphatic carbocycles. The molecule has 2 unspecified atom stereocenters. The Morgan fingerprint density at radius 3 is 2.45 bits per heavy atom. The topological polar surface area (TPSA) is 98.5 Å². The third-order valence-electron chi connectivity index (χ3n) is 5.27. The van der Waals surface area contributed by atoms with Crippen molar-refractivity contribution in [3.8, 4) is 11.1 Å². The Balaban J connectivity index is 1.76. The van der Waals surface area contributed by atoms with Crippen molar-refractivity contribution >= 4 is 29.0 Å². The average molecular weight is 413 g/mol. The molecule has 2 aromatic carbocycles. The van der Waals surface area contributed by atoms with Gasteiger partial charge in [0.1, 0.15) is 5.60 Å². The summed E-state index contributed by atoms with van der Waals surface area (Å²) in [7, 11) is 0. The summed E-state index contributed by atoms with van der Waals surface area (Å²) >= 11 is 1.04. The van der Waals surface area contributed by atoms with Gasteiger partial charge in [0, 0.05) is 5.92 Å². The Morgan fingerprint density at radius 2 is 1.86 bits per heavy atom. The molecule has 1 fully saturated rings. The molecular weight excluding hydrogens is 388 g/mol. The first-order chi connectivity index (χ1) is 13.7. The van der Waals surface area contributed by atoms with Gasteiger partial charge in [-0.2, -0.15) is 0 Å². The van der Waals surface area contributed by atoms with Crippen LogP contribution in [0, 0.1) is 0 Å². The number of carbonyl (C=O) groups is 3. The van der Waals surface area contributed by atoms with Crippen LogP contribution in [0.3, 0.4) is 0 Å². The van der Waals surface area contributed by atoms with Gasteiger partial charge < -0.3 is 10.5 Å². The second kappa shape index (κ2) is 8.29.